The molecule has 0 saturated carbocycles. The molecule has 1 N–H and O–H groups in total. The third kappa shape index (κ3) is 1.82. The average molecular weight is 222 g/mol. The Morgan fingerprint density at radius 3 is 3.00 bits per heavy atom. The van der Waals surface area contributed by atoms with E-state index in [-0.39, 0.29) is 0 Å². The molecule has 2 aromatic heterocycles. The Bertz CT molecular complexity index is 447. The molecule has 4 heteroatoms. The van der Waals surface area contributed by atoms with Gasteiger partial charge < -0.3 is 9.67 Å². The van der Waals surface area contributed by atoms with Gasteiger partial charge in [-0.05, 0) is 25.3 Å². The fourth-order valence-corrected chi connectivity index (χ4v) is 2.40. The van der Waals surface area contributed by atoms with Gasteiger partial charge in [0.1, 0.15) is 6.10 Å². The number of hydrogen-bond donors (Lipinski definition) is 1. The first kappa shape index (κ1) is 10.4. The van der Waals surface area contributed by atoms with Crippen molar-refractivity contribution < 1.29 is 5.11 Å². The molecule has 2 aromatic rings. The second-order valence-electron chi connectivity index (χ2n) is 3.44. The van der Waals surface area contributed by atoms with E-state index in [1.807, 2.05) is 29.9 Å². The minimum atomic E-state index is -0.557. The highest BCUT2D eigenvalue weighted by Gasteiger charge is 2.16. The Balaban J connectivity index is 2.36. The normalized spacial score (nSPS) is 13.0. The summed E-state index contributed by atoms with van der Waals surface area (Å²) < 4.78 is 1.96. The second-order valence-corrected chi connectivity index (χ2v) is 4.56. The first-order valence-corrected chi connectivity index (χ1v) is 5.84. The van der Waals surface area contributed by atoms with Crippen LogP contribution in [-0.2, 0) is 6.54 Å². The monoisotopic (exact) mass is 222 g/mol. The highest BCUT2D eigenvalue weighted by atomic mass is 32.1. The van der Waals surface area contributed by atoms with Crippen LogP contribution in [0.5, 0.6) is 0 Å². The molecule has 0 radical (unpaired) electrons. The lowest BCUT2D eigenvalue weighted by molar-refractivity contribution is 0.210. The van der Waals surface area contributed by atoms with Gasteiger partial charge in [-0.3, -0.25) is 0 Å². The van der Waals surface area contributed by atoms with Crippen molar-refractivity contribution in [3.05, 3.63) is 40.1 Å². The van der Waals surface area contributed by atoms with E-state index in [1.165, 1.54) is 0 Å². The first-order valence-electron chi connectivity index (χ1n) is 4.96. The van der Waals surface area contributed by atoms with Crippen LogP contribution in [0.15, 0.2) is 24.0 Å². The van der Waals surface area contributed by atoms with Crippen molar-refractivity contribution in [2.75, 3.05) is 0 Å². The molecule has 0 amide bonds. The van der Waals surface area contributed by atoms with E-state index in [4.69, 9.17) is 0 Å². The van der Waals surface area contributed by atoms with Crippen LogP contribution in [0, 0.1) is 6.92 Å². The Labute approximate surface area is 93.0 Å². The molecule has 0 aliphatic carbocycles. The smallest absolute Gasteiger partial charge is 0.122 e. The minimum absolute atomic E-state index is 0.557. The maximum absolute atomic E-state index is 10.2. The largest absolute Gasteiger partial charge is 0.382 e. The molecule has 0 spiro atoms. The van der Waals surface area contributed by atoms with Gasteiger partial charge in [0.2, 0.25) is 0 Å². The van der Waals surface area contributed by atoms with E-state index < -0.39 is 6.10 Å². The highest BCUT2D eigenvalue weighted by Crippen LogP contribution is 2.27. The molecule has 1 unspecified atom stereocenters. The number of aliphatic hydroxyl groups excluding tert-OH is 1. The Kier molecular flexibility index (Phi) is 2.88. The Morgan fingerprint density at radius 1 is 1.60 bits per heavy atom. The van der Waals surface area contributed by atoms with Gasteiger partial charge in [0.15, 0.2) is 0 Å². The summed E-state index contributed by atoms with van der Waals surface area (Å²) in [5, 5.41) is 12.2. The summed E-state index contributed by atoms with van der Waals surface area (Å²) in [6.07, 6.45) is 2.92. The fraction of sp³-hybridized carbons (Fsp3) is 0.364. The maximum atomic E-state index is 10.2. The van der Waals surface area contributed by atoms with Crippen LogP contribution in [0.25, 0.3) is 0 Å². The predicted molar refractivity (Wildman–Crippen MR) is 61.0 cm³/mol. The first-order chi connectivity index (χ1) is 7.24. The lowest BCUT2D eigenvalue weighted by Crippen LogP contribution is -2.07. The highest BCUT2D eigenvalue weighted by molar-refractivity contribution is 7.10. The van der Waals surface area contributed by atoms with Crippen LogP contribution in [0.1, 0.15) is 29.2 Å². The molecule has 1 atom stereocenters. The molecule has 0 saturated heterocycles. The van der Waals surface area contributed by atoms with Crippen LogP contribution < -0.4 is 0 Å². The van der Waals surface area contributed by atoms with Gasteiger partial charge in [-0.25, -0.2) is 4.98 Å². The van der Waals surface area contributed by atoms with Crippen molar-refractivity contribution in [2.24, 2.45) is 0 Å². The van der Waals surface area contributed by atoms with Crippen molar-refractivity contribution in [1.29, 1.82) is 0 Å². The molecule has 80 valence electrons. The molecule has 2 rings (SSSR count). The van der Waals surface area contributed by atoms with Gasteiger partial charge in [0.05, 0.1) is 18.2 Å². The SMILES string of the molecule is CCn1cncc1C(O)c1ccsc1C. The van der Waals surface area contributed by atoms with E-state index in [9.17, 15) is 5.11 Å². The zero-order valence-corrected chi connectivity index (χ0v) is 9.66. The van der Waals surface area contributed by atoms with Crippen LogP contribution in [0.2, 0.25) is 0 Å². The predicted octanol–water partition coefficient (Wildman–Crippen LogP) is 2.35. The molecule has 0 aliphatic heterocycles. The summed E-state index contributed by atoms with van der Waals surface area (Å²) in [6.45, 7) is 4.89. The molecular weight excluding hydrogens is 208 g/mol. The van der Waals surface area contributed by atoms with Crippen LogP contribution in [0.4, 0.5) is 0 Å². The van der Waals surface area contributed by atoms with E-state index in [0.29, 0.717) is 0 Å². The zero-order valence-electron chi connectivity index (χ0n) is 8.84. The van der Waals surface area contributed by atoms with Crippen molar-refractivity contribution in [3.63, 3.8) is 0 Å². The number of aryl methyl sites for hydroxylation is 2. The molecular formula is C11H14N2OS. The Hall–Kier alpha value is -1.13. The molecule has 0 aromatic carbocycles. The van der Waals surface area contributed by atoms with Gasteiger partial charge in [-0.15, -0.1) is 11.3 Å². The number of thiophene rings is 1. The number of hydrogen-bond acceptors (Lipinski definition) is 3. The van der Waals surface area contributed by atoms with Crippen LogP contribution >= 0.6 is 11.3 Å². The topological polar surface area (TPSA) is 38.0 Å². The molecule has 3 nitrogen and oxygen atoms in total. The van der Waals surface area contributed by atoms with Crippen molar-refractivity contribution in [1.82, 2.24) is 9.55 Å². The minimum Gasteiger partial charge on any atom is -0.382 e. The van der Waals surface area contributed by atoms with Crippen LogP contribution in [-0.4, -0.2) is 14.7 Å². The van der Waals surface area contributed by atoms with Gasteiger partial charge >= 0.3 is 0 Å². The van der Waals surface area contributed by atoms with Gasteiger partial charge in [0.25, 0.3) is 0 Å². The zero-order chi connectivity index (χ0) is 10.8. The molecule has 15 heavy (non-hydrogen) atoms. The number of aromatic nitrogens is 2. The van der Waals surface area contributed by atoms with Crippen LogP contribution in [0.3, 0.4) is 0 Å². The van der Waals surface area contributed by atoms with Gasteiger partial charge in [-0.2, -0.15) is 0 Å². The third-order valence-corrected chi connectivity index (χ3v) is 3.42. The van der Waals surface area contributed by atoms with Crippen molar-refractivity contribution >= 4 is 11.3 Å². The van der Waals surface area contributed by atoms with Crippen molar-refractivity contribution in [2.45, 2.75) is 26.5 Å². The molecule has 0 fully saturated rings. The summed E-state index contributed by atoms with van der Waals surface area (Å²) in [6, 6.07) is 1.97. The number of aliphatic hydroxyl groups is 1. The summed E-state index contributed by atoms with van der Waals surface area (Å²) in [7, 11) is 0. The van der Waals surface area contributed by atoms with Gasteiger partial charge in [0, 0.05) is 17.0 Å². The second kappa shape index (κ2) is 4.16. The van der Waals surface area contributed by atoms with E-state index in [1.54, 1.807) is 23.9 Å². The summed E-state index contributed by atoms with van der Waals surface area (Å²) in [5.74, 6) is 0. The molecule has 0 bridgehead atoms. The summed E-state index contributed by atoms with van der Waals surface area (Å²) in [5.41, 5.74) is 1.84. The number of imidazole rings is 1. The number of nitrogens with zero attached hydrogens (tertiary/aromatic N) is 2. The van der Waals surface area contributed by atoms with E-state index in [2.05, 4.69) is 4.98 Å². The maximum Gasteiger partial charge on any atom is 0.122 e. The standard InChI is InChI=1S/C11H14N2OS/c1-3-13-7-12-6-10(13)11(14)9-4-5-15-8(9)2/h4-7,11,14H,3H2,1-2H3. The average Bonchev–Trinajstić information content (AvgIpc) is 2.84. The van der Waals surface area contributed by atoms with E-state index in [0.717, 1.165) is 22.7 Å². The number of rotatable bonds is 3. The summed E-state index contributed by atoms with van der Waals surface area (Å²) >= 11 is 1.65. The van der Waals surface area contributed by atoms with Gasteiger partial charge in [-0.1, -0.05) is 0 Å². The fourth-order valence-electron chi connectivity index (χ4n) is 1.66. The Morgan fingerprint density at radius 2 is 2.40 bits per heavy atom. The third-order valence-electron chi connectivity index (χ3n) is 2.56. The lowest BCUT2D eigenvalue weighted by Gasteiger charge is -2.12. The van der Waals surface area contributed by atoms with Crippen molar-refractivity contribution in [3.8, 4) is 0 Å². The summed E-state index contributed by atoms with van der Waals surface area (Å²) in [4.78, 5) is 5.22. The van der Waals surface area contributed by atoms with E-state index >= 15 is 0 Å². The lowest BCUT2D eigenvalue weighted by atomic mass is 10.1. The quantitative estimate of drug-likeness (QED) is 0.865. The molecule has 0 aliphatic rings. The molecule has 2 heterocycles.